The summed E-state index contributed by atoms with van der Waals surface area (Å²) in [6, 6.07) is 7.83. The molecular formula is C17H21N5OS. The van der Waals surface area contributed by atoms with Crippen LogP contribution in [0.15, 0.2) is 41.7 Å². The summed E-state index contributed by atoms with van der Waals surface area (Å²) in [7, 11) is 0. The van der Waals surface area contributed by atoms with Gasteiger partial charge in [0.25, 0.3) is 0 Å². The van der Waals surface area contributed by atoms with E-state index in [1.165, 1.54) is 0 Å². The second kappa shape index (κ2) is 8.10. The Bertz CT molecular complexity index is 656. The molecule has 0 aliphatic carbocycles. The number of carbonyl (C=O) groups excluding carboxylic acids is 1. The van der Waals surface area contributed by atoms with E-state index in [9.17, 15) is 4.79 Å². The molecule has 1 saturated heterocycles. The molecule has 1 N–H and O–H groups in total. The van der Waals surface area contributed by atoms with Crippen LogP contribution in [0.5, 0.6) is 0 Å². The zero-order chi connectivity index (χ0) is 16.8. The molecule has 1 amide bonds. The number of nitrogens with zero attached hydrogens (tertiary/aromatic N) is 4. The SMILES string of the molecule is CSc1ccc(N2CCC(C(=O)NCc3cccnc3)CC2)nn1. The second-order valence-electron chi connectivity index (χ2n) is 5.77. The van der Waals surface area contributed by atoms with E-state index in [0.29, 0.717) is 6.54 Å². The van der Waals surface area contributed by atoms with E-state index in [0.717, 1.165) is 42.3 Å². The fourth-order valence-electron chi connectivity index (χ4n) is 2.80. The first-order valence-electron chi connectivity index (χ1n) is 8.05. The monoisotopic (exact) mass is 343 g/mol. The van der Waals surface area contributed by atoms with Gasteiger partial charge >= 0.3 is 0 Å². The number of aromatic nitrogens is 3. The van der Waals surface area contributed by atoms with Gasteiger partial charge in [-0.05, 0) is 42.9 Å². The molecule has 1 fully saturated rings. The molecule has 0 aromatic carbocycles. The molecule has 1 aliphatic heterocycles. The van der Waals surface area contributed by atoms with Crippen molar-refractivity contribution in [3.63, 3.8) is 0 Å². The third-order valence-corrected chi connectivity index (χ3v) is 4.85. The lowest BCUT2D eigenvalue weighted by Gasteiger charge is -2.31. The zero-order valence-electron chi connectivity index (χ0n) is 13.7. The Labute approximate surface area is 146 Å². The van der Waals surface area contributed by atoms with Gasteiger partial charge in [0.2, 0.25) is 5.91 Å². The molecule has 2 aromatic rings. The summed E-state index contributed by atoms with van der Waals surface area (Å²) in [6.07, 6.45) is 7.17. The van der Waals surface area contributed by atoms with E-state index >= 15 is 0 Å². The second-order valence-corrected chi connectivity index (χ2v) is 6.60. The molecule has 2 aromatic heterocycles. The van der Waals surface area contributed by atoms with Crippen molar-refractivity contribution >= 4 is 23.5 Å². The molecule has 3 rings (SSSR count). The van der Waals surface area contributed by atoms with Gasteiger partial charge in [0.05, 0.1) is 0 Å². The van der Waals surface area contributed by atoms with Crippen molar-refractivity contribution in [1.29, 1.82) is 0 Å². The Balaban J connectivity index is 1.48. The molecule has 24 heavy (non-hydrogen) atoms. The van der Waals surface area contributed by atoms with E-state index in [-0.39, 0.29) is 11.8 Å². The highest BCUT2D eigenvalue weighted by molar-refractivity contribution is 7.98. The van der Waals surface area contributed by atoms with E-state index < -0.39 is 0 Å². The number of pyridine rings is 1. The Morgan fingerprint density at radius 2 is 2.12 bits per heavy atom. The Morgan fingerprint density at radius 3 is 2.75 bits per heavy atom. The minimum atomic E-state index is 0.0661. The lowest BCUT2D eigenvalue weighted by atomic mass is 9.96. The Kier molecular flexibility index (Phi) is 5.63. The van der Waals surface area contributed by atoms with Gasteiger partial charge in [0, 0.05) is 37.9 Å². The van der Waals surface area contributed by atoms with Crippen molar-refractivity contribution in [2.45, 2.75) is 24.4 Å². The molecule has 6 nitrogen and oxygen atoms in total. The molecule has 0 unspecified atom stereocenters. The fraction of sp³-hybridized carbons (Fsp3) is 0.412. The molecule has 0 spiro atoms. The highest BCUT2D eigenvalue weighted by Crippen LogP contribution is 2.22. The first-order valence-corrected chi connectivity index (χ1v) is 9.28. The molecular weight excluding hydrogens is 322 g/mol. The summed E-state index contributed by atoms with van der Waals surface area (Å²) in [5.74, 6) is 1.08. The summed E-state index contributed by atoms with van der Waals surface area (Å²) in [6.45, 7) is 2.20. The first-order chi connectivity index (χ1) is 11.8. The van der Waals surface area contributed by atoms with Crippen molar-refractivity contribution in [3.05, 3.63) is 42.2 Å². The van der Waals surface area contributed by atoms with Gasteiger partial charge in [-0.2, -0.15) is 0 Å². The lowest BCUT2D eigenvalue weighted by molar-refractivity contribution is -0.125. The van der Waals surface area contributed by atoms with Gasteiger partial charge in [-0.3, -0.25) is 9.78 Å². The normalized spacial score (nSPS) is 15.3. The number of nitrogens with one attached hydrogen (secondary N) is 1. The first kappa shape index (κ1) is 16.7. The summed E-state index contributed by atoms with van der Waals surface area (Å²) >= 11 is 1.58. The van der Waals surface area contributed by atoms with Gasteiger partial charge < -0.3 is 10.2 Å². The predicted molar refractivity (Wildman–Crippen MR) is 94.8 cm³/mol. The summed E-state index contributed by atoms with van der Waals surface area (Å²) in [5.41, 5.74) is 1.02. The molecule has 1 aliphatic rings. The van der Waals surface area contributed by atoms with E-state index in [2.05, 4.69) is 25.4 Å². The number of rotatable bonds is 5. The molecule has 0 radical (unpaired) electrons. The number of amides is 1. The highest BCUT2D eigenvalue weighted by atomic mass is 32.2. The number of anilines is 1. The van der Waals surface area contributed by atoms with Gasteiger partial charge in [0.15, 0.2) is 5.82 Å². The number of carbonyl (C=O) groups is 1. The average Bonchev–Trinajstić information content (AvgIpc) is 2.67. The minimum Gasteiger partial charge on any atom is -0.355 e. The predicted octanol–water partition coefficient (Wildman–Crippen LogP) is 2.13. The van der Waals surface area contributed by atoms with Gasteiger partial charge in [-0.1, -0.05) is 6.07 Å². The Hall–Kier alpha value is -2.15. The van der Waals surface area contributed by atoms with Gasteiger partial charge in [-0.15, -0.1) is 22.0 Å². The minimum absolute atomic E-state index is 0.0661. The quantitative estimate of drug-likeness (QED) is 0.839. The van der Waals surface area contributed by atoms with Crippen molar-refractivity contribution in [2.75, 3.05) is 24.2 Å². The molecule has 3 heterocycles. The van der Waals surface area contributed by atoms with Crippen molar-refractivity contribution in [2.24, 2.45) is 5.92 Å². The molecule has 0 bridgehead atoms. The van der Waals surface area contributed by atoms with Crippen LogP contribution in [0, 0.1) is 5.92 Å². The van der Waals surface area contributed by atoms with Crippen molar-refractivity contribution < 1.29 is 4.79 Å². The van der Waals surface area contributed by atoms with Crippen LogP contribution < -0.4 is 10.2 Å². The fourth-order valence-corrected chi connectivity index (χ4v) is 3.12. The standard InChI is InChI=1S/C17H21N5OS/c1-24-16-5-4-15(20-21-16)22-9-6-14(7-10-22)17(23)19-12-13-3-2-8-18-11-13/h2-5,8,11,14H,6-7,9-10,12H2,1H3,(H,19,23). The Morgan fingerprint density at radius 1 is 1.29 bits per heavy atom. The van der Waals surface area contributed by atoms with Crippen LogP contribution in [0.1, 0.15) is 18.4 Å². The molecule has 0 atom stereocenters. The largest absolute Gasteiger partial charge is 0.355 e. The van der Waals surface area contributed by atoms with Crippen molar-refractivity contribution in [3.8, 4) is 0 Å². The van der Waals surface area contributed by atoms with Crippen LogP contribution in [-0.4, -0.2) is 40.4 Å². The number of thioether (sulfide) groups is 1. The third kappa shape index (κ3) is 4.23. The van der Waals surface area contributed by atoms with E-state index in [1.807, 2.05) is 30.5 Å². The average molecular weight is 343 g/mol. The van der Waals surface area contributed by atoms with Crippen LogP contribution >= 0.6 is 11.8 Å². The molecule has 7 heteroatoms. The molecule has 0 saturated carbocycles. The molecule has 126 valence electrons. The lowest BCUT2D eigenvalue weighted by Crippen LogP contribution is -2.40. The van der Waals surface area contributed by atoms with Crippen LogP contribution in [-0.2, 0) is 11.3 Å². The smallest absolute Gasteiger partial charge is 0.223 e. The van der Waals surface area contributed by atoms with E-state index in [4.69, 9.17) is 0 Å². The summed E-state index contributed by atoms with van der Waals surface area (Å²) in [5, 5.41) is 12.4. The van der Waals surface area contributed by atoms with Crippen LogP contribution in [0.25, 0.3) is 0 Å². The number of hydrogen-bond donors (Lipinski definition) is 1. The summed E-state index contributed by atoms with van der Waals surface area (Å²) < 4.78 is 0. The highest BCUT2D eigenvalue weighted by Gasteiger charge is 2.25. The van der Waals surface area contributed by atoms with Crippen LogP contribution in [0.3, 0.4) is 0 Å². The maximum atomic E-state index is 12.3. The van der Waals surface area contributed by atoms with Gasteiger partial charge in [-0.25, -0.2) is 0 Å². The van der Waals surface area contributed by atoms with E-state index in [1.54, 1.807) is 24.2 Å². The number of hydrogen-bond acceptors (Lipinski definition) is 6. The van der Waals surface area contributed by atoms with Crippen LogP contribution in [0.2, 0.25) is 0 Å². The zero-order valence-corrected chi connectivity index (χ0v) is 14.5. The van der Waals surface area contributed by atoms with Gasteiger partial charge in [0.1, 0.15) is 5.03 Å². The van der Waals surface area contributed by atoms with Crippen molar-refractivity contribution in [1.82, 2.24) is 20.5 Å². The topological polar surface area (TPSA) is 71.0 Å². The maximum Gasteiger partial charge on any atom is 0.223 e. The summed E-state index contributed by atoms with van der Waals surface area (Å²) in [4.78, 5) is 18.6. The van der Waals surface area contributed by atoms with Crippen LogP contribution in [0.4, 0.5) is 5.82 Å². The maximum absolute atomic E-state index is 12.3. The third-order valence-electron chi connectivity index (χ3n) is 4.21. The number of piperidine rings is 1.